The molecule has 70 valence electrons. The molecule has 0 saturated heterocycles. The quantitative estimate of drug-likeness (QED) is 0.295. The van der Waals surface area contributed by atoms with Gasteiger partial charge in [0.1, 0.15) is 0 Å². The summed E-state index contributed by atoms with van der Waals surface area (Å²) in [5.74, 6) is -1.13. The Hall–Kier alpha value is -1.11. The smallest absolute Gasteiger partial charge is 0.545 e. The van der Waals surface area contributed by atoms with E-state index in [4.69, 9.17) is 15.3 Å². The molecule has 6 nitrogen and oxygen atoms in total. The van der Waals surface area contributed by atoms with E-state index in [1.54, 1.807) is 18.2 Å². The average molecular weight is 207 g/mol. The maximum absolute atomic E-state index is 10.1. The fourth-order valence-corrected chi connectivity index (χ4v) is 0.574. The summed E-state index contributed by atoms with van der Waals surface area (Å²) in [7, 11) is 0. The summed E-state index contributed by atoms with van der Waals surface area (Å²) in [5.41, 5.74) is 0.220. The molecule has 0 amide bonds. The predicted octanol–water partition coefficient (Wildman–Crippen LogP) is -3.29. The number of hydrogen-bond acceptors (Lipinski definition) is 4. The van der Waals surface area contributed by atoms with Gasteiger partial charge in [-0.15, -0.1) is 10.1 Å². The molecule has 0 radical (unpaired) electrons. The molecule has 0 fully saturated rings. The normalized spacial score (nSPS) is 7.43. The Bertz CT molecular complexity index is 285. The molecule has 1 rings (SSSR count). The first-order chi connectivity index (χ1) is 6.04. The van der Waals surface area contributed by atoms with Crippen molar-refractivity contribution in [3.63, 3.8) is 0 Å². The Kier molecular flexibility index (Phi) is 9.31. The van der Waals surface area contributed by atoms with Crippen LogP contribution in [-0.4, -0.2) is 16.3 Å². The van der Waals surface area contributed by atoms with Gasteiger partial charge in [-0.1, -0.05) is 30.3 Å². The monoisotopic (exact) mass is 207 g/mol. The number of benzene rings is 1. The van der Waals surface area contributed by atoms with Gasteiger partial charge in [-0.05, 0) is 5.56 Å². The van der Waals surface area contributed by atoms with Gasteiger partial charge in [-0.2, -0.15) is 0 Å². The SMILES string of the molecule is O=C([O-])c1ccccc1.O=[N+]([O-])O.[Na+]. The van der Waals surface area contributed by atoms with Crippen LogP contribution in [-0.2, 0) is 0 Å². The zero-order chi connectivity index (χ0) is 10.3. The van der Waals surface area contributed by atoms with Crippen molar-refractivity contribution in [1.82, 2.24) is 0 Å². The molecule has 0 aliphatic heterocycles. The standard InChI is InChI=1S/C7H6O2.HNO3.Na/c8-7(9)6-4-2-1-3-5-6;2-1(3)4;/h1-5H,(H,8,9);(H,2,3,4);/q;;+1/p-1. The van der Waals surface area contributed by atoms with Gasteiger partial charge in [0.05, 0.1) is 5.97 Å². The van der Waals surface area contributed by atoms with Crippen molar-refractivity contribution < 1.29 is 49.8 Å². The summed E-state index contributed by atoms with van der Waals surface area (Å²) >= 11 is 0. The van der Waals surface area contributed by atoms with Crippen LogP contribution in [0.2, 0.25) is 0 Å². The van der Waals surface area contributed by atoms with E-state index in [9.17, 15) is 9.90 Å². The third-order valence-corrected chi connectivity index (χ3v) is 1.01. The molecule has 14 heavy (non-hydrogen) atoms. The minimum Gasteiger partial charge on any atom is -0.545 e. The number of nitrogens with zero attached hydrogens (tertiary/aromatic N) is 1. The Morgan fingerprint density at radius 2 is 1.64 bits per heavy atom. The van der Waals surface area contributed by atoms with Crippen molar-refractivity contribution in [2.45, 2.75) is 0 Å². The van der Waals surface area contributed by atoms with E-state index < -0.39 is 11.1 Å². The fraction of sp³-hybridized carbons (Fsp3) is 0. The van der Waals surface area contributed by atoms with Crippen LogP contribution in [0.15, 0.2) is 30.3 Å². The molecule has 1 aromatic rings. The molecule has 1 aromatic carbocycles. The van der Waals surface area contributed by atoms with Crippen LogP contribution in [0.5, 0.6) is 0 Å². The molecule has 0 saturated carbocycles. The molecule has 0 aliphatic carbocycles. The van der Waals surface area contributed by atoms with Gasteiger partial charge in [0.25, 0.3) is 5.09 Å². The number of carbonyl (C=O) groups excluding carboxylic acids is 1. The second-order valence-corrected chi connectivity index (χ2v) is 1.89. The minimum absolute atomic E-state index is 0. The molecule has 1 N–H and O–H groups in total. The summed E-state index contributed by atoms with van der Waals surface area (Å²) in [6.07, 6.45) is 0. The van der Waals surface area contributed by atoms with Crippen molar-refractivity contribution >= 4 is 5.97 Å². The summed E-state index contributed by atoms with van der Waals surface area (Å²) in [6.45, 7) is 0. The largest absolute Gasteiger partial charge is 1.00 e. The van der Waals surface area contributed by atoms with E-state index >= 15 is 0 Å². The van der Waals surface area contributed by atoms with Crippen molar-refractivity contribution in [3.8, 4) is 0 Å². The minimum atomic E-state index is -1.50. The Balaban J connectivity index is 0. The van der Waals surface area contributed by atoms with Crippen LogP contribution in [0, 0.1) is 10.1 Å². The van der Waals surface area contributed by atoms with Gasteiger partial charge in [-0.25, -0.2) is 0 Å². The molecule has 0 atom stereocenters. The average Bonchev–Trinajstić information content (AvgIpc) is 2.05. The third kappa shape index (κ3) is 8.98. The van der Waals surface area contributed by atoms with Gasteiger partial charge in [0, 0.05) is 0 Å². The molecule has 0 spiro atoms. The molecular weight excluding hydrogens is 201 g/mol. The van der Waals surface area contributed by atoms with Crippen LogP contribution in [0.4, 0.5) is 0 Å². The molecular formula is C7H6NNaO5. The third-order valence-electron chi connectivity index (χ3n) is 1.01. The number of carbonyl (C=O) groups is 1. The second-order valence-electron chi connectivity index (χ2n) is 1.89. The van der Waals surface area contributed by atoms with Gasteiger partial charge in [0.15, 0.2) is 0 Å². The topological polar surface area (TPSA) is 104 Å². The molecule has 0 unspecified atom stereocenters. The van der Waals surface area contributed by atoms with Crippen molar-refractivity contribution in [3.05, 3.63) is 46.0 Å². The van der Waals surface area contributed by atoms with Crippen LogP contribution in [0.25, 0.3) is 0 Å². The second kappa shape index (κ2) is 8.49. The summed E-state index contributed by atoms with van der Waals surface area (Å²) in [4.78, 5) is 18.5. The van der Waals surface area contributed by atoms with Gasteiger partial charge < -0.3 is 15.1 Å². The molecule has 0 bridgehead atoms. The predicted molar refractivity (Wildman–Crippen MR) is 39.6 cm³/mol. The van der Waals surface area contributed by atoms with E-state index in [1.165, 1.54) is 12.1 Å². The molecule has 7 heteroatoms. The zero-order valence-corrected chi connectivity index (χ0v) is 9.41. The first-order valence-corrected chi connectivity index (χ1v) is 3.13. The number of rotatable bonds is 1. The van der Waals surface area contributed by atoms with Crippen LogP contribution < -0.4 is 34.7 Å². The Morgan fingerprint density at radius 3 is 1.86 bits per heavy atom. The first-order valence-electron chi connectivity index (χ1n) is 3.13. The van der Waals surface area contributed by atoms with Gasteiger partial charge in [0.2, 0.25) is 0 Å². The van der Waals surface area contributed by atoms with E-state index in [0.717, 1.165) is 0 Å². The summed E-state index contributed by atoms with van der Waals surface area (Å²) < 4.78 is 0. The maximum atomic E-state index is 10.1. The Labute approximate surface area is 102 Å². The van der Waals surface area contributed by atoms with Crippen molar-refractivity contribution in [2.24, 2.45) is 0 Å². The van der Waals surface area contributed by atoms with Crippen LogP contribution in [0.3, 0.4) is 0 Å². The molecule has 0 aromatic heterocycles. The van der Waals surface area contributed by atoms with Crippen molar-refractivity contribution in [2.75, 3.05) is 0 Å². The summed E-state index contributed by atoms with van der Waals surface area (Å²) in [6, 6.07) is 8.06. The Morgan fingerprint density at radius 1 is 1.29 bits per heavy atom. The maximum Gasteiger partial charge on any atom is 1.00 e. The first kappa shape index (κ1) is 15.4. The van der Waals surface area contributed by atoms with Gasteiger partial charge in [-0.3, -0.25) is 0 Å². The van der Waals surface area contributed by atoms with E-state index in [2.05, 4.69) is 0 Å². The van der Waals surface area contributed by atoms with Gasteiger partial charge >= 0.3 is 29.6 Å². The number of carboxylic acids is 1. The van der Waals surface area contributed by atoms with E-state index in [-0.39, 0.29) is 35.1 Å². The number of aromatic carboxylic acids is 1. The molecule has 0 aliphatic rings. The molecule has 0 heterocycles. The summed E-state index contributed by atoms with van der Waals surface area (Å²) in [5, 5.41) is 23.7. The van der Waals surface area contributed by atoms with Crippen molar-refractivity contribution in [1.29, 1.82) is 0 Å². The van der Waals surface area contributed by atoms with Crippen LogP contribution in [0.1, 0.15) is 10.4 Å². The van der Waals surface area contributed by atoms with E-state index in [0.29, 0.717) is 0 Å². The number of carboxylic acid groups (broad SMARTS) is 1. The van der Waals surface area contributed by atoms with E-state index in [1.807, 2.05) is 0 Å². The number of hydrogen-bond donors (Lipinski definition) is 1. The zero-order valence-electron chi connectivity index (χ0n) is 7.41. The fourth-order valence-electron chi connectivity index (χ4n) is 0.574. The van der Waals surface area contributed by atoms with Crippen LogP contribution >= 0.6 is 0 Å².